The maximum atomic E-state index is 11.9. The molecule has 1 amide bonds. The highest BCUT2D eigenvalue weighted by Gasteiger charge is 2.19. The number of unbranched alkanes of at least 4 members (excludes halogenated alkanes) is 1. The zero-order chi connectivity index (χ0) is 12.3. The van der Waals surface area contributed by atoms with Crippen LogP contribution in [-0.2, 0) is 17.8 Å². The summed E-state index contributed by atoms with van der Waals surface area (Å²) < 4.78 is 0. The highest BCUT2D eigenvalue weighted by atomic mass is 16.2. The van der Waals surface area contributed by atoms with E-state index in [0.717, 1.165) is 38.0 Å². The van der Waals surface area contributed by atoms with Crippen molar-refractivity contribution in [3.8, 4) is 0 Å². The highest BCUT2D eigenvalue weighted by molar-refractivity contribution is 5.76. The lowest BCUT2D eigenvalue weighted by Gasteiger charge is -2.29. The van der Waals surface area contributed by atoms with Crippen molar-refractivity contribution >= 4 is 11.6 Å². The van der Waals surface area contributed by atoms with E-state index in [1.54, 1.807) is 0 Å². The van der Waals surface area contributed by atoms with Gasteiger partial charge in [0.25, 0.3) is 0 Å². The Morgan fingerprint density at radius 2 is 2.24 bits per heavy atom. The van der Waals surface area contributed by atoms with Crippen LogP contribution < -0.4 is 5.73 Å². The number of carbonyl (C=O) groups excluding carboxylic acids is 1. The van der Waals surface area contributed by atoms with Gasteiger partial charge in [-0.1, -0.05) is 19.4 Å². The molecule has 0 fully saturated rings. The lowest BCUT2D eigenvalue weighted by Crippen LogP contribution is -2.35. The number of nitrogen functional groups attached to an aromatic ring is 1. The molecule has 1 aromatic carbocycles. The molecule has 2 N–H and O–H groups in total. The van der Waals surface area contributed by atoms with Crippen molar-refractivity contribution in [2.75, 3.05) is 12.3 Å². The molecule has 1 aliphatic heterocycles. The standard InChI is InChI=1S/C14H20N2O/c1-2-3-4-14(17)16-8-7-11-5-6-13(15)9-12(11)10-16/h5-6,9H,2-4,7-8,10,15H2,1H3. The van der Waals surface area contributed by atoms with Gasteiger partial charge in [-0.15, -0.1) is 0 Å². The Morgan fingerprint density at radius 3 is 3.00 bits per heavy atom. The van der Waals surface area contributed by atoms with Gasteiger partial charge in [0.1, 0.15) is 0 Å². The Balaban J connectivity index is 2.04. The van der Waals surface area contributed by atoms with Crippen LogP contribution in [0.15, 0.2) is 18.2 Å². The summed E-state index contributed by atoms with van der Waals surface area (Å²) in [5.41, 5.74) is 9.11. The SMILES string of the molecule is CCCCC(=O)N1CCc2ccc(N)cc2C1. The second-order valence-electron chi connectivity index (χ2n) is 4.70. The molecule has 17 heavy (non-hydrogen) atoms. The summed E-state index contributed by atoms with van der Waals surface area (Å²) in [5.74, 6) is 0.278. The average Bonchev–Trinajstić information content (AvgIpc) is 2.35. The normalized spacial score (nSPS) is 14.5. The summed E-state index contributed by atoms with van der Waals surface area (Å²) in [4.78, 5) is 13.9. The van der Waals surface area contributed by atoms with Crippen LogP contribution in [0.5, 0.6) is 0 Å². The molecule has 0 bridgehead atoms. The molecule has 0 unspecified atom stereocenters. The van der Waals surface area contributed by atoms with E-state index < -0.39 is 0 Å². The smallest absolute Gasteiger partial charge is 0.222 e. The third-order valence-electron chi connectivity index (χ3n) is 3.34. The third-order valence-corrected chi connectivity index (χ3v) is 3.34. The number of nitrogens with zero attached hydrogens (tertiary/aromatic N) is 1. The number of anilines is 1. The van der Waals surface area contributed by atoms with Crippen molar-refractivity contribution in [3.63, 3.8) is 0 Å². The quantitative estimate of drug-likeness (QED) is 0.813. The molecular weight excluding hydrogens is 212 g/mol. The van der Waals surface area contributed by atoms with E-state index in [4.69, 9.17) is 5.73 Å². The van der Waals surface area contributed by atoms with Crippen LogP contribution >= 0.6 is 0 Å². The Kier molecular flexibility index (Phi) is 3.67. The highest BCUT2D eigenvalue weighted by Crippen LogP contribution is 2.22. The van der Waals surface area contributed by atoms with Gasteiger partial charge < -0.3 is 10.6 Å². The average molecular weight is 232 g/mol. The lowest BCUT2D eigenvalue weighted by molar-refractivity contribution is -0.132. The molecule has 92 valence electrons. The number of hydrogen-bond acceptors (Lipinski definition) is 2. The largest absolute Gasteiger partial charge is 0.399 e. The monoisotopic (exact) mass is 232 g/mol. The Bertz CT molecular complexity index is 415. The van der Waals surface area contributed by atoms with E-state index in [0.29, 0.717) is 6.42 Å². The van der Waals surface area contributed by atoms with Crippen molar-refractivity contribution in [3.05, 3.63) is 29.3 Å². The molecule has 3 nitrogen and oxygen atoms in total. The van der Waals surface area contributed by atoms with Crippen LogP contribution in [0.25, 0.3) is 0 Å². The van der Waals surface area contributed by atoms with E-state index in [2.05, 4.69) is 13.0 Å². The van der Waals surface area contributed by atoms with Crippen LogP contribution in [0.1, 0.15) is 37.3 Å². The Morgan fingerprint density at radius 1 is 1.41 bits per heavy atom. The maximum absolute atomic E-state index is 11.9. The topological polar surface area (TPSA) is 46.3 Å². The van der Waals surface area contributed by atoms with Gasteiger partial charge in [-0.25, -0.2) is 0 Å². The molecule has 0 radical (unpaired) electrons. The summed E-state index contributed by atoms with van der Waals surface area (Å²) in [6, 6.07) is 6.01. The summed E-state index contributed by atoms with van der Waals surface area (Å²) in [7, 11) is 0. The third kappa shape index (κ3) is 2.78. The fourth-order valence-electron chi connectivity index (χ4n) is 2.28. The van der Waals surface area contributed by atoms with Crippen LogP contribution in [0.4, 0.5) is 5.69 Å². The Hall–Kier alpha value is -1.51. The van der Waals surface area contributed by atoms with E-state index in [-0.39, 0.29) is 5.91 Å². The van der Waals surface area contributed by atoms with E-state index in [1.807, 2.05) is 17.0 Å². The molecule has 0 aliphatic carbocycles. The number of rotatable bonds is 3. The number of hydrogen-bond donors (Lipinski definition) is 1. The van der Waals surface area contributed by atoms with Crippen LogP contribution in [0.3, 0.4) is 0 Å². The van der Waals surface area contributed by atoms with Crippen molar-refractivity contribution < 1.29 is 4.79 Å². The molecule has 2 rings (SSSR count). The molecular formula is C14H20N2O. The molecule has 0 aromatic heterocycles. The molecule has 1 aromatic rings. The summed E-state index contributed by atoms with van der Waals surface area (Å²) in [6.07, 6.45) is 3.68. The zero-order valence-corrected chi connectivity index (χ0v) is 10.4. The summed E-state index contributed by atoms with van der Waals surface area (Å²) >= 11 is 0. The molecule has 3 heteroatoms. The molecule has 0 atom stereocenters. The predicted octanol–water partition coefficient (Wildman–Crippen LogP) is 2.34. The molecule has 0 saturated carbocycles. The lowest BCUT2D eigenvalue weighted by atomic mass is 9.99. The first kappa shape index (κ1) is 12.0. The number of nitrogens with two attached hydrogens (primary N) is 1. The van der Waals surface area contributed by atoms with Gasteiger partial charge in [0.2, 0.25) is 5.91 Å². The molecule has 1 aliphatic rings. The second kappa shape index (κ2) is 5.21. The van der Waals surface area contributed by atoms with E-state index >= 15 is 0 Å². The first-order valence-corrected chi connectivity index (χ1v) is 6.35. The van der Waals surface area contributed by atoms with Crippen LogP contribution in [-0.4, -0.2) is 17.4 Å². The van der Waals surface area contributed by atoms with Gasteiger partial charge in [0.05, 0.1) is 0 Å². The van der Waals surface area contributed by atoms with Gasteiger partial charge in [-0.3, -0.25) is 4.79 Å². The minimum absolute atomic E-state index is 0.278. The van der Waals surface area contributed by atoms with Gasteiger partial charge >= 0.3 is 0 Å². The van der Waals surface area contributed by atoms with Gasteiger partial charge in [-0.05, 0) is 36.1 Å². The van der Waals surface area contributed by atoms with Crippen molar-refractivity contribution in [2.45, 2.75) is 39.2 Å². The predicted molar refractivity (Wildman–Crippen MR) is 69.5 cm³/mol. The molecule has 1 heterocycles. The Labute approximate surface area is 103 Å². The fraction of sp³-hybridized carbons (Fsp3) is 0.500. The zero-order valence-electron chi connectivity index (χ0n) is 10.4. The van der Waals surface area contributed by atoms with Gasteiger partial charge in [0.15, 0.2) is 0 Å². The summed E-state index contributed by atoms with van der Waals surface area (Å²) in [5, 5.41) is 0. The van der Waals surface area contributed by atoms with Crippen molar-refractivity contribution in [2.24, 2.45) is 0 Å². The van der Waals surface area contributed by atoms with E-state index in [1.165, 1.54) is 11.1 Å². The van der Waals surface area contributed by atoms with E-state index in [9.17, 15) is 4.79 Å². The number of benzene rings is 1. The first-order chi connectivity index (χ1) is 8.20. The van der Waals surface area contributed by atoms with Crippen molar-refractivity contribution in [1.82, 2.24) is 4.90 Å². The van der Waals surface area contributed by atoms with Crippen LogP contribution in [0, 0.1) is 0 Å². The number of fused-ring (bicyclic) bond motifs is 1. The first-order valence-electron chi connectivity index (χ1n) is 6.35. The molecule has 0 spiro atoms. The van der Waals surface area contributed by atoms with Crippen LogP contribution in [0.2, 0.25) is 0 Å². The minimum Gasteiger partial charge on any atom is -0.399 e. The second-order valence-corrected chi connectivity index (χ2v) is 4.70. The summed E-state index contributed by atoms with van der Waals surface area (Å²) in [6.45, 7) is 3.68. The number of carbonyl (C=O) groups is 1. The molecule has 0 saturated heterocycles. The maximum Gasteiger partial charge on any atom is 0.222 e. The van der Waals surface area contributed by atoms with Gasteiger partial charge in [-0.2, -0.15) is 0 Å². The fourth-order valence-corrected chi connectivity index (χ4v) is 2.28. The van der Waals surface area contributed by atoms with Crippen molar-refractivity contribution in [1.29, 1.82) is 0 Å². The number of amides is 1. The minimum atomic E-state index is 0.278. The van der Waals surface area contributed by atoms with Gasteiger partial charge in [0, 0.05) is 25.2 Å².